The average molecular weight is 468 g/mol. The van der Waals surface area contributed by atoms with Gasteiger partial charge in [-0.25, -0.2) is 32.4 Å². The standard InChI is InChI=1S/C22H22FN7O2S/c1-33(31,32)18-5-3-17(4-6-18)30-22-19(13-27-30)21(25-14-26-22)28-16-8-10-29(11-9-16)20-7-2-15(23)12-24-20/h2-7,12-14,16H,8-11H2,1H3,(H,25,26,28). The first-order valence-corrected chi connectivity index (χ1v) is 12.4. The molecule has 11 heteroatoms. The van der Waals surface area contributed by atoms with Crippen molar-refractivity contribution in [3.8, 4) is 5.69 Å². The average Bonchev–Trinajstić information content (AvgIpc) is 3.25. The van der Waals surface area contributed by atoms with E-state index in [0.29, 0.717) is 17.2 Å². The normalized spacial score (nSPS) is 15.2. The molecule has 33 heavy (non-hydrogen) atoms. The molecular weight excluding hydrogens is 445 g/mol. The smallest absolute Gasteiger partial charge is 0.175 e. The van der Waals surface area contributed by atoms with Crippen LogP contribution in [-0.4, -0.2) is 58.5 Å². The maximum Gasteiger partial charge on any atom is 0.175 e. The highest BCUT2D eigenvalue weighted by molar-refractivity contribution is 7.90. The molecule has 3 aromatic heterocycles. The minimum absolute atomic E-state index is 0.220. The van der Waals surface area contributed by atoms with E-state index in [1.54, 1.807) is 41.2 Å². The van der Waals surface area contributed by atoms with Crippen LogP contribution in [0.5, 0.6) is 0 Å². The SMILES string of the molecule is CS(=O)(=O)c1ccc(-n2ncc3c(NC4CCN(c5ccc(F)cn5)CC4)ncnc32)cc1. The van der Waals surface area contributed by atoms with E-state index < -0.39 is 9.84 Å². The van der Waals surface area contributed by atoms with Crippen molar-refractivity contribution in [1.82, 2.24) is 24.7 Å². The molecule has 170 valence electrons. The van der Waals surface area contributed by atoms with Gasteiger partial charge in [-0.15, -0.1) is 0 Å². The number of sulfone groups is 1. The minimum Gasteiger partial charge on any atom is -0.366 e. The van der Waals surface area contributed by atoms with Crippen molar-refractivity contribution >= 4 is 32.5 Å². The van der Waals surface area contributed by atoms with Crippen LogP contribution in [0.1, 0.15) is 12.8 Å². The van der Waals surface area contributed by atoms with E-state index >= 15 is 0 Å². The maximum atomic E-state index is 13.1. The Morgan fingerprint density at radius 1 is 1.00 bits per heavy atom. The van der Waals surface area contributed by atoms with E-state index in [0.717, 1.165) is 37.1 Å². The quantitative estimate of drug-likeness (QED) is 0.478. The van der Waals surface area contributed by atoms with Crippen molar-refractivity contribution in [3.05, 3.63) is 60.9 Å². The Kier molecular flexibility index (Phi) is 5.41. The lowest BCUT2D eigenvalue weighted by Crippen LogP contribution is -2.39. The van der Waals surface area contributed by atoms with E-state index in [-0.39, 0.29) is 16.8 Å². The van der Waals surface area contributed by atoms with E-state index in [2.05, 4.69) is 30.3 Å². The molecule has 0 amide bonds. The van der Waals surface area contributed by atoms with Crippen molar-refractivity contribution in [1.29, 1.82) is 0 Å². The van der Waals surface area contributed by atoms with Crippen LogP contribution in [0, 0.1) is 5.82 Å². The molecule has 0 saturated carbocycles. The molecule has 9 nitrogen and oxygen atoms in total. The zero-order valence-electron chi connectivity index (χ0n) is 17.9. The second-order valence-electron chi connectivity index (χ2n) is 8.02. The van der Waals surface area contributed by atoms with Crippen LogP contribution in [-0.2, 0) is 9.84 Å². The molecule has 4 heterocycles. The highest BCUT2D eigenvalue weighted by atomic mass is 32.2. The summed E-state index contributed by atoms with van der Waals surface area (Å²) in [6, 6.07) is 9.88. The predicted molar refractivity (Wildman–Crippen MR) is 123 cm³/mol. The molecule has 5 rings (SSSR count). The number of benzene rings is 1. The van der Waals surface area contributed by atoms with Crippen LogP contribution in [0.2, 0.25) is 0 Å². The summed E-state index contributed by atoms with van der Waals surface area (Å²) in [4.78, 5) is 15.4. The van der Waals surface area contributed by atoms with Gasteiger partial charge in [0.2, 0.25) is 0 Å². The van der Waals surface area contributed by atoms with Gasteiger partial charge in [0.1, 0.15) is 23.8 Å². The fraction of sp³-hybridized carbons (Fsp3) is 0.273. The van der Waals surface area contributed by atoms with E-state index in [1.807, 2.05) is 0 Å². The summed E-state index contributed by atoms with van der Waals surface area (Å²) in [6.07, 6.45) is 7.38. The van der Waals surface area contributed by atoms with Crippen LogP contribution >= 0.6 is 0 Å². The molecule has 1 aliphatic rings. The zero-order valence-corrected chi connectivity index (χ0v) is 18.7. The Morgan fingerprint density at radius 2 is 1.76 bits per heavy atom. The largest absolute Gasteiger partial charge is 0.366 e. The highest BCUT2D eigenvalue weighted by Gasteiger charge is 2.22. The lowest BCUT2D eigenvalue weighted by molar-refractivity contribution is 0.521. The Bertz CT molecular complexity index is 1380. The van der Waals surface area contributed by atoms with Gasteiger partial charge in [-0.05, 0) is 49.2 Å². The van der Waals surface area contributed by atoms with Gasteiger partial charge in [0.15, 0.2) is 15.5 Å². The number of fused-ring (bicyclic) bond motifs is 1. The Labute approximate surface area is 190 Å². The molecular formula is C22H22FN7O2S. The number of hydrogen-bond acceptors (Lipinski definition) is 8. The third kappa shape index (κ3) is 4.36. The second kappa shape index (κ2) is 8.39. The third-order valence-electron chi connectivity index (χ3n) is 5.75. The van der Waals surface area contributed by atoms with Gasteiger partial charge in [0.25, 0.3) is 0 Å². The van der Waals surface area contributed by atoms with Gasteiger partial charge in [-0.1, -0.05) is 0 Å². The van der Waals surface area contributed by atoms with Crippen LogP contribution in [0.15, 0.2) is 60.0 Å². The molecule has 0 bridgehead atoms. The number of aromatic nitrogens is 5. The van der Waals surface area contributed by atoms with Crippen molar-refractivity contribution < 1.29 is 12.8 Å². The topological polar surface area (TPSA) is 106 Å². The van der Waals surface area contributed by atoms with Gasteiger partial charge in [-0.2, -0.15) is 5.10 Å². The highest BCUT2D eigenvalue weighted by Crippen LogP contribution is 2.25. The van der Waals surface area contributed by atoms with Crippen molar-refractivity contribution in [3.63, 3.8) is 0 Å². The van der Waals surface area contributed by atoms with Gasteiger partial charge in [0.05, 0.1) is 28.4 Å². The van der Waals surface area contributed by atoms with Gasteiger partial charge in [0, 0.05) is 25.4 Å². The Hall–Kier alpha value is -3.60. The lowest BCUT2D eigenvalue weighted by Gasteiger charge is -2.33. The summed E-state index contributed by atoms with van der Waals surface area (Å²) in [7, 11) is -3.27. The predicted octanol–water partition coefficient (Wildman–Crippen LogP) is 2.83. The lowest BCUT2D eigenvalue weighted by atomic mass is 10.0. The molecule has 0 radical (unpaired) electrons. The van der Waals surface area contributed by atoms with Gasteiger partial charge >= 0.3 is 0 Å². The zero-order chi connectivity index (χ0) is 23.0. The van der Waals surface area contributed by atoms with E-state index in [4.69, 9.17) is 0 Å². The van der Waals surface area contributed by atoms with Crippen LogP contribution in [0.3, 0.4) is 0 Å². The molecule has 0 atom stereocenters. The number of rotatable bonds is 5. The summed E-state index contributed by atoms with van der Waals surface area (Å²) in [6.45, 7) is 1.60. The number of nitrogens with one attached hydrogen (secondary N) is 1. The summed E-state index contributed by atoms with van der Waals surface area (Å²) >= 11 is 0. The van der Waals surface area contributed by atoms with E-state index in [1.165, 1.54) is 24.8 Å². The van der Waals surface area contributed by atoms with Crippen molar-refractivity contribution in [2.75, 3.05) is 29.6 Å². The fourth-order valence-electron chi connectivity index (χ4n) is 3.98. The first-order chi connectivity index (χ1) is 15.9. The molecule has 0 spiro atoms. The molecule has 1 aromatic carbocycles. The minimum atomic E-state index is -3.27. The molecule has 1 aliphatic heterocycles. The fourth-order valence-corrected chi connectivity index (χ4v) is 4.61. The van der Waals surface area contributed by atoms with Crippen molar-refractivity contribution in [2.24, 2.45) is 0 Å². The van der Waals surface area contributed by atoms with Crippen LogP contribution in [0.25, 0.3) is 16.7 Å². The third-order valence-corrected chi connectivity index (χ3v) is 6.88. The maximum absolute atomic E-state index is 13.1. The summed E-state index contributed by atoms with van der Waals surface area (Å²) in [5.74, 6) is 1.15. The van der Waals surface area contributed by atoms with Gasteiger partial charge < -0.3 is 10.2 Å². The number of nitrogens with zero attached hydrogens (tertiary/aromatic N) is 6. The number of halogens is 1. The van der Waals surface area contributed by atoms with Crippen molar-refractivity contribution in [2.45, 2.75) is 23.8 Å². The van der Waals surface area contributed by atoms with Crippen LogP contribution in [0.4, 0.5) is 16.0 Å². The van der Waals surface area contributed by atoms with Gasteiger partial charge in [-0.3, -0.25) is 0 Å². The first-order valence-electron chi connectivity index (χ1n) is 10.5. The Balaban J connectivity index is 1.32. The molecule has 1 saturated heterocycles. The Morgan fingerprint density at radius 3 is 2.42 bits per heavy atom. The number of piperidine rings is 1. The second-order valence-corrected chi connectivity index (χ2v) is 10.0. The first kappa shape index (κ1) is 21.3. The molecule has 4 aromatic rings. The summed E-state index contributed by atoms with van der Waals surface area (Å²) < 4.78 is 38.2. The van der Waals surface area contributed by atoms with Crippen LogP contribution < -0.4 is 10.2 Å². The molecule has 1 N–H and O–H groups in total. The molecule has 1 fully saturated rings. The molecule has 0 aliphatic carbocycles. The molecule has 0 unspecified atom stereocenters. The number of hydrogen-bond donors (Lipinski definition) is 1. The van der Waals surface area contributed by atoms with E-state index in [9.17, 15) is 12.8 Å². The number of anilines is 2. The summed E-state index contributed by atoms with van der Waals surface area (Å²) in [5, 5.41) is 8.74. The number of pyridine rings is 1. The monoisotopic (exact) mass is 467 g/mol. The summed E-state index contributed by atoms with van der Waals surface area (Å²) in [5.41, 5.74) is 1.34.